The van der Waals surface area contributed by atoms with E-state index >= 15 is 0 Å². The highest BCUT2D eigenvalue weighted by Gasteiger charge is 2.36. The summed E-state index contributed by atoms with van der Waals surface area (Å²) in [6, 6.07) is 12.0. The lowest BCUT2D eigenvalue weighted by Crippen LogP contribution is -2.48. The van der Waals surface area contributed by atoms with Crippen LogP contribution in [0, 0.1) is 5.92 Å². The highest BCUT2D eigenvalue weighted by Crippen LogP contribution is 2.36. The standard InChI is InChI=1S/C23H22N4O4S2/c28-19(24-13-27-21(30)16-4-1-2-5-17(16)22(27)31)12-33-23(32)25-9-14-8-15(11-25)18-6-3-7-20(29)26(18)10-14/h1-7,14-15H,8-13H2,(H,24,28)/t14-,15+/m0/s1. The highest BCUT2D eigenvalue weighted by molar-refractivity contribution is 8.23. The predicted octanol–water partition coefficient (Wildman–Crippen LogP) is 1.66. The number of thiocarbonyl (C=S) groups is 1. The summed E-state index contributed by atoms with van der Waals surface area (Å²) in [7, 11) is 0. The topological polar surface area (TPSA) is 91.7 Å². The summed E-state index contributed by atoms with van der Waals surface area (Å²) in [5.74, 6) is -0.418. The molecule has 5 rings (SSSR count). The van der Waals surface area contributed by atoms with Crippen LogP contribution in [0.3, 0.4) is 0 Å². The fourth-order valence-electron chi connectivity index (χ4n) is 4.87. The molecular formula is C23H22N4O4S2. The second kappa shape index (κ2) is 8.75. The largest absolute Gasteiger partial charge is 0.356 e. The number of piperidine rings is 1. The Morgan fingerprint density at radius 1 is 1.00 bits per heavy atom. The zero-order valence-corrected chi connectivity index (χ0v) is 19.4. The Labute approximate surface area is 199 Å². The third-order valence-corrected chi connectivity index (χ3v) is 7.90. The van der Waals surface area contributed by atoms with Gasteiger partial charge in [0.05, 0.1) is 16.9 Å². The molecule has 3 aliphatic heterocycles. The Hall–Kier alpha value is -2.98. The van der Waals surface area contributed by atoms with Gasteiger partial charge < -0.3 is 14.8 Å². The van der Waals surface area contributed by atoms with E-state index in [9.17, 15) is 19.2 Å². The van der Waals surface area contributed by atoms with E-state index in [1.165, 1.54) is 11.8 Å². The van der Waals surface area contributed by atoms with Crippen LogP contribution in [0.5, 0.6) is 0 Å². The van der Waals surface area contributed by atoms with Crippen LogP contribution < -0.4 is 10.9 Å². The van der Waals surface area contributed by atoms with Gasteiger partial charge in [0, 0.05) is 37.3 Å². The Bertz CT molecular complexity index is 1190. The summed E-state index contributed by atoms with van der Waals surface area (Å²) >= 11 is 6.87. The number of thioether (sulfide) groups is 1. The molecule has 170 valence electrons. The molecule has 3 aliphatic rings. The number of likely N-dealkylation sites (tertiary alicyclic amines) is 1. The van der Waals surface area contributed by atoms with Crippen molar-refractivity contribution >= 4 is 46.0 Å². The van der Waals surface area contributed by atoms with Crippen molar-refractivity contribution in [1.29, 1.82) is 0 Å². The maximum absolute atomic E-state index is 12.4. The van der Waals surface area contributed by atoms with Crippen molar-refractivity contribution in [1.82, 2.24) is 19.7 Å². The number of aromatic nitrogens is 1. The number of imide groups is 1. The lowest BCUT2D eigenvalue weighted by molar-refractivity contribution is -0.118. The van der Waals surface area contributed by atoms with Gasteiger partial charge in [-0.05, 0) is 30.5 Å². The molecule has 33 heavy (non-hydrogen) atoms. The monoisotopic (exact) mass is 482 g/mol. The van der Waals surface area contributed by atoms with E-state index in [1.54, 1.807) is 36.4 Å². The number of hydrogen-bond acceptors (Lipinski definition) is 6. The number of carbonyl (C=O) groups is 3. The number of pyridine rings is 1. The van der Waals surface area contributed by atoms with Crippen LogP contribution in [0.25, 0.3) is 0 Å². The second-order valence-electron chi connectivity index (χ2n) is 8.50. The van der Waals surface area contributed by atoms with Crippen molar-refractivity contribution in [3.63, 3.8) is 0 Å². The minimum absolute atomic E-state index is 0.0438. The number of nitrogens with one attached hydrogen (secondary N) is 1. The van der Waals surface area contributed by atoms with E-state index in [2.05, 4.69) is 10.2 Å². The number of rotatable bonds is 4. The smallest absolute Gasteiger partial charge is 0.263 e. The van der Waals surface area contributed by atoms with Crippen LogP contribution in [0.4, 0.5) is 0 Å². The molecule has 2 aromatic rings. The van der Waals surface area contributed by atoms with Crippen LogP contribution in [-0.4, -0.2) is 61.9 Å². The van der Waals surface area contributed by atoms with Gasteiger partial charge in [0.25, 0.3) is 17.4 Å². The molecule has 1 N–H and O–H groups in total. The minimum atomic E-state index is -0.404. The summed E-state index contributed by atoms with van der Waals surface area (Å²) in [5.41, 5.74) is 1.80. The Morgan fingerprint density at radius 2 is 1.73 bits per heavy atom. The van der Waals surface area contributed by atoms with Crippen molar-refractivity contribution in [2.75, 3.05) is 25.5 Å². The summed E-state index contributed by atoms with van der Waals surface area (Å²) < 4.78 is 2.52. The SMILES string of the molecule is O=C(CSC(=S)N1C[C@@H]2C[C@H](C1)c1cccc(=O)n1C2)NCN1C(=O)c2ccccc2C1=O. The van der Waals surface area contributed by atoms with E-state index in [1.807, 2.05) is 10.6 Å². The Morgan fingerprint density at radius 3 is 2.45 bits per heavy atom. The number of benzene rings is 1. The molecule has 8 nitrogen and oxygen atoms in total. The molecule has 0 saturated carbocycles. The van der Waals surface area contributed by atoms with Crippen molar-refractivity contribution in [3.05, 3.63) is 69.6 Å². The zero-order valence-electron chi connectivity index (χ0n) is 17.7. The average molecular weight is 483 g/mol. The summed E-state index contributed by atoms with van der Waals surface area (Å²) in [6.07, 6.45) is 1.04. The van der Waals surface area contributed by atoms with E-state index in [-0.39, 0.29) is 29.8 Å². The van der Waals surface area contributed by atoms with Gasteiger partial charge in [-0.15, -0.1) is 0 Å². The first kappa shape index (κ1) is 21.8. The lowest BCUT2D eigenvalue weighted by Gasteiger charge is -2.43. The molecule has 2 bridgehead atoms. The first-order valence-corrected chi connectivity index (χ1v) is 12.1. The first-order chi connectivity index (χ1) is 15.9. The van der Waals surface area contributed by atoms with Gasteiger partial charge in [-0.1, -0.05) is 42.2 Å². The van der Waals surface area contributed by atoms with E-state index in [0.717, 1.165) is 30.1 Å². The van der Waals surface area contributed by atoms with E-state index in [0.29, 0.717) is 27.9 Å². The molecule has 1 fully saturated rings. The molecule has 1 saturated heterocycles. The molecule has 0 aliphatic carbocycles. The number of amides is 3. The van der Waals surface area contributed by atoms with Gasteiger partial charge in [0.15, 0.2) is 0 Å². The Balaban J connectivity index is 1.13. The number of carbonyl (C=O) groups excluding carboxylic acids is 3. The molecule has 0 radical (unpaired) electrons. The lowest BCUT2D eigenvalue weighted by atomic mass is 9.83. The fourth-order valence-corrected chi connectivity index (χ4v) is 5.88. The van der Waals surface area contributed by atoms with Gasteiger partial charge in [-0.25, -0.2) is 0 Å². The number of fused-ring (bicyclic) bond motifs is 5. The van der Waals surface area contributed by atoms with Crippen molar-refractivity contribution in [3.8, 4) is 0 Å². The summed E-state index contributed by atoms with van der Waals surface area (Å²) in [4.78, 5) is 52.5. The van der Waals surface area contributed by atoms with Crippen molar-refractivity contribution < 1.29 is 14.4 Å². The van der Waals surface area contributed by atoms with Gasteiger partial charge in [0.2, 0.25) is 5.91 Å². The summed E-state index contributed by atoms with van der Waals surface area (Å²) in [6.45, 7) is 2.01. The maximum atomic E-state index is 12.4. The predicted molar refractivity (Wildman–Crippen MR) is 128 cm³/mol. The van der Waals surface area contributed by atoms with Crippen LogP contribution >= 0.6 is 24.0 Å². The third-order valence-electron chi connectivity index (χ3n) is 6.38. The van der Waals surface area contributed by atoms with E-state index in [4.69, 9.17) is 12.2 Å². The number of hydrogen-bond donors (Lipinski definition) is 1. The van der Waals surface area contributed by atoms with E-state index < -0.39 is 11.8 Å². The quantitative estimate of drug-likeness (QED) is 0.523. The second-order valence-corrected chi connectivity index (χ2v) is 10.1. The molecule has 2 atom stereocenters. The van der Waals surface area contributed by atoms with Crippen LogP contribution in [0.1, 0.15) is 38.7 Å². The minimum Gasteiger partial charge on any atom is -0.356 e. The fraction of sp³-hybridized carbons (Fsp3) is 0.348. The molecule has 1 aromatic carbocycles. The molecular weight excluding hydrogens is 460 g/mol. The van der Waals surface area contributed by atoms with Crippen LogP contribution in [-0.2, 0) is 11.3 Å². The third kappa shape index (κ3) is 4.08. The summed E-state index contributed by atoms with van der Waals surface area (Å²) in [5, 5.41) is 2.65. The average Bonchev–Trinajstić information content (AvgIpc) is 3.06. The highest BCUT2D eigenvalue weighted by atomic mass is 32.2. The molecule has 10 heteroatoms. The normalized spacial score (nSPS) is 21.0. The van der Waals surface area contributed by atoms with Gasteiger partial charge in [0.1, 0.15) is 11.0 Å². The van der Waals surface area contributed by atoms with Crippen molar-refractivity contribution in [2.24, 2.45) is 5.92 Å². The molecule has 1 aromatic heterocycles. The molecule has 4 heterocycles. The number of nitrogens with zero attached hydrogens (tertiary/aromatic N) is 3. The van der Waals surface area contributed by atoms with Crippen LogP contribution in [0.15, 0.2) is 47.3 Å². The van der Waals surface area contributed by atoms with Gasteiger partial charge >= 0.3 is 0 Å². The Kier molecular flexibility index (Phi) is 5.79. The zero-order chi connectivity index (χ0) is 23.1. The van der Waals surface area contributed by atoms with Crippen LogP contribution in [0.2, 0.25) is 0 Å². The van der Waals surface area contributed by atoms with Gasteiger partial charge in [-0.2, -0.15) is 0 Å². The first-order valence-electron chi connectivity index (χ1n) is 10.8. The molecule has 3 amide bonds. The van der Waals surface area contributed by atoms with Crippen molar-refractivity contribution in [2.45, 2.75) is 18.9 Å². The molecule has 0 unspecified atom stereocenters. The maximum Gasteiger partial charge on any atom is 0.263 e. The molecule has 0 spiro atoms. The van der Waals surface area contributed by atoms with Gasteiger partial charge in [-0.3, -0.25) is 24.1 Å².